The van der Waals surface area contributed by atoms with E-state index in [0.29, 0.717) is 29.3 Å². The van der Waals surface area contributed by atoms with E-state index < -0.39 is 6.04 Å². The minimum Gasteiger partial charge on any atom is -0.494 e. The summed E-state index contributed by atoms with van der Waals surface area (Å²) >= 11 is 0. The van der Waals surface area contributed by atoms with Crippen LogP contribution in [0.4, 0.5) is 11.4 Å². The number of para-hydroxylation sites is 1. The number of nitrogens with one attached hydrogen (secondary N) is 3. The number of aromatic nitrogens is 1. The van der Waals surface area contributed by atoms with Crippen molar-refractivity contribution >= 4 is 40.0 Å². The molecule has 3 aromatic carbocycles. The molecule has 0 spiro atoms. The van der Waals surface area contributed by atoms with Crippen LogP contribution >= 0.6 is 0 Å². The van der Waals surface area contributed by atoms with Crippen LogP contribution in [0.3, 0.4) is 0 Å². The Kier molecular flexibility index (Phi) is 9.21. The molecule has 0 bridgehead atoms. The summed E-state index contributed by atoms with van der Waals surface area (Å²) in [5, 5.41) is 7.00. The third-order valence-electron chi connectivity index (χ3n) is 7.72. The number of hydrogen-bond donors (Lipinski definition) is 3. The highest BCUT2D eigenvalue weighted by Gasteiger charge is 2.34. The second-order valence-corrected chi connectivity index (χ2v) is 10.8. The zero-order valence-electron chi connectivity index (χ0n) is 24.2. The van der Waals surface area contributed by atoms with Crippen molar-refractivity contribution in [2.24, 2.45) is 0 Å². The molecule has 218 valence electrons. The molecule has 1 atom stereocenters. The zero-order valence-corrected chi connectivity index (χ0v) is 24.2. The molecule has 4 aromatic rings. The van der Waals surface area contributed by atoms with Gasteiger partial charge in [-0.05, 0) is 73.4 Å². The van der Waals surface area contributed by atoms with Crippen molar-refractivity contribution in [2.75, 3.05) is 16.8 Å². The van der Waals surface area contributed by atoms with E-state index in [1.807, 2.05) is 61.7 Å². The second kappa shape index (κ2) is 13.4. The largest absolute Gasteiger partial charge is 0.494 e. The van der Waals surface area contributed by atoms with Gasteiger partial charge in [-0.15, -0.1) is 0 Å². The summed E-state index contributed by atoms with van der Waals surface area (Å²) < 4.78 is 5.65. The van der Waals surface area contributed by atoms with Gasteiger partial charge in [0.15, 0.2) is 0 Å². The Morgan fingerprint density at radius 3 is 2.36 bits per heavy atom. The third kappa shape index (κ3) is 6.82. The highest BCUT2D eigenvalue weighted by molar-refractivity contribution is 6.03. The molecule has 1 fully saturated rings. The van der Waals surface area contributed by atoms with Gasteiger partial charge in [0.25, 0.3) is 0 Å². The fourth-order valence-corrected chi connectivity index (χ4v) is 5.73. The first kappa shape index (κ1) is 28.9. The number of carbonyl (C=O) groups is 3. The van der Waals surface area contributed by atoms with Gasteiger partial charge in [-0.3, -0.25) is 19.3 Å². The number of aromatic amines is 1. The van der Waals surface area contributed by atoms with Crippen LogP contribution in [-0.4, -0.2) is 35.4 Å². The molecule has 3 N–H and O–H groups in total. The fraction of sp³-hybridized carbons (Fsp3) is 0.324. The van der Waals surface area contributed by atoms with E-state index in [4.69, 9.17) is 4.74 Å². The molecule has 0 saturated heterocycles. The summed E-state index contributed by atoms with van der Waals surface area (Å²) in [6, 6.07) is 21.4. The minimum absolute atomic E-state index is 0.0733. The van der Waals surface area contributed by atoms with Crippen LogP contribution in [0.2, 0.25) is 0 Å². The molecular formula is C34H38N4O4. The number of ether oxygens (including phenoxy) is 1. The minimum atomic E-state index is -0.910. The number of nitrogens with zero attached hydrogens (tertiary/aromatic N) is 1. The topological polar surface area (TPSA) is 104 Å². The van der Waals surface area contributed by atoms with Gasteiger partial charge >= 0.3 is 0 Å². The monoisotopic (exact) mass is 566 g/mol. The molecule has 1 aliphatic carbocycles. The maximum absolute atomic E-state index is 14.3. The van der Waals surface area contributed by atoms with Gasteiger partial charge in [-0.25, -0.2) is 0 Å². The van der Waals surface area contributed by atoms with Crippen LogP contribution in [-0.2, 0) is 20.8 Å². The van der Waals surface area contributed by atoms with Gasteiger partial charge in [-0.1, -0.05) is 49.6 Å². The molecule has 1 aromatic heterocycles. The number of H-pyrrole nitrogens is 1. The van der Waals surface area contributed by atoms with Crippen LogP contribution in [0.1, 0.15) is 63.1 Å². The molecule has 0 radical (unpaired) electrons. The number of benzene rings is 3. The molecule has 1 unspecified atom stereocenters. The first-order valence-electron chi connectivity index (χ1n) is 14.7. The summed E-state index contributed by atoms with van der Waals surface area (Å²) in [4.78, 5) is 45.0. The van der Waals surface area contributed by atoms with Crippen molar-refractivity contribution in [1.82, 2.24) is 10.3 Å². The molecule has 3 amide bonds. The summed E-state index contributed by atoms with van der Waals surface area (Å²) in [6.07, 6.45) is 7.13. The van der Waals surface area contributed by atoms with Gasteiger partial charge in [0.1, 0.15) is 11.8 Å². The molecule has 1 heterocycles. The average Bonchev–Trinajstić information content (AvgIpc) is 3.40. The Hall–Kier alpha value is -4.59. The Morgan fingerprint density at radius 2 is 1.67 bits per heavy atom. The van der Waals surface area contributed by atoms with Gasteiger partial charge in [0.2, 0.25) is 17.7 Å². The van der Waals surface area contributed by atoms with Crippen molar-refractivity contribution in [3.63, 3.8) is 0 Å². The molecule has 8 nitrogen and oxygen atoms in total. The van der Waals surface area contributed by atoms with Crippen LogP contribution in [0.15, 0.2) is 79.0 Å². The van der Waals surface area contributed by atoms with Crippen LogP contribution in [0.25, 0.3) is 10.9 Å². The standard InChI is InChI=1S/C34H38N4O4/c1-3-42-29-19-13-24(14-20-29)33(34(41)37-26-9-5-4-6-10-26)38(28-17-15-27(16-18-28)36-23(2)39)32(40)21-25-22-35-31-12-8-7-11-30(25)31/h7-8,11-20,22,26,33,35H,3-6,9-10,21H2,1-2H3,(H,36,39)(H,37,41). The fourth-order valence-electron chi connectivity index (χ4n) is 5.73. The molecule has 1 saturated carbocycles. The smallest absolute Gasteiger partial charge is 0.248 e. The SMILES string of the molecule is CCOc1ccc(C(C(=O)NC2CCCCC2)N(C(=O)Cc2c[nH]c3ccccc23)c2ccc(NC(C)=O)cc2)cc1. The average molecular weight is 567 g/mol. The van der Waals surface area contributed by atoms with E-state index >= 15 is 0 Å². The van der Waals surface area contributed by atoms with Crippen molar-refractivity contribution in [1.29, 1.82) is 0 Å². The Balaban J connectivity index is 1.56. The summed E-state index contributed by atoms with van der Waals surface area (Å²) in [5.74, 6) is 0.0761. The summed E-state index contributed by atoms with van der Waals surface area (Å²) in [6.45, 7) is 3.90. The molecular weight excluding hydrogens is 528 g/mol. The van der Waals surface area contributed by atoms with Crippen molar-refractivity contribution in [3.05, 3.63) is 90.1 Å². The Bertz CT molecular complexity index is 1520. The maximum atomic E-state index is 14.3. The Labute approximate surface area is 246 Å². The van der Waals surface area contributed by atoms with Gasteiger partial charge in [-0.2, -0.15) is 0 Å². The quantitative estimate of drug-likeness (QED) is 0.210. The normalized spacial score (nSPS) is 14.2. The van der Waals surface area contributed by atoms with E-state index in [0.717, 1.165) is 42.1 Å². The lowest BCUT2D eigenvalue weighted by molar-refractivity contribution is -0.127. The van der Waals surface area contributed by atoms with Crippen molar-refractivity contribution in [3.8, 4) is 5.75 Å². The second-order valence-electron chi connectivity index (χ2n) is 10.8. The number of fused-ring (bicyclic) bond motifs is 1. The van der Waals surface area contributed by atoms with E-state index in [9.17, 15) is 14.4 Å². The highest BCUT2D eigenvalue weighted by atomic mass is 16.5. The lowest BCUT2D eigenvalue weighted by Gasteiger charge is -2.33. The molecule has 42 heavy (non-hydrogen) atoms. The first-order chi connectivity index (χ1) is 20.4. The third-order valence-corrected chi connectivity index (χ3v) is 7.72. The van der Waals surface area contributed by atoms with Crippen molar-refractivity contribution in [2.45, 2.75) is 64.5 Å². The predicted molar refractivity (Wildman–Crippen MR) is 166 cm³/mol. The highest BCUT2D eigenvalue weighted by Crippen LogP contribution is 2.32. The van der Waals surface area contributed by atoms with Crippen LogP contribution in [0, 0.1) is 0 Å². The summed E-state index contributed by atoms with van der Waals surface area (Å²) in [5.41, 5.74) is 3.66. The van der Waals surface area contributed by atoms with Gasteiger partial charge in [0.05, 0.1) is 13.0 Å². The summed E-state index contributed by atoms with van der Waals surface area (Å²) in [7, 11) is 0. The molecule has 0 aliphatic heterocycles. The van der Waals surface area contributed by atoms with Gasteiger partial charge < -0.3 is 20.4 Å². The number of rotatable bonds is 10. The number of anilines is 2. The predicted octanol–water partition coefficient (Wildman–Crippen LogP) is 6.29. The number of amides is 3. The van der Waals surface area contributed by atoms with E-state index in [2.05, 4.69) is 15.6 Å². The lowest BCUT2D eigenvalue weighted by atomic mass is 9.94. The first-order valence-corrected chi connectivity index (χ1v) is 14.7. The molecule has 8 heteroatoms. The molecule has 1 aliphatic rings. The van der Waals surface area contributed by atoms with Crippen LogP contribution < -0.4 is 20.3 Å². The zero-order chi connectivity index (χ0) is 29.5. The van der Waals surface area contributed by atoms with E-state index in [1.54, 1.807) is 29.2 Å². The maximum Gasteiger partial charge on any atom is 0.248 e. The van der Waals surface area contributed by atoms with Crippen LogP contribution in [0.5, 0.6) is 5.75 Å². The lowest BCUT2D eigenvalue weighted by Crippen LogP contribution is -2.47. The van der Waals surface area contributed by atoms with E-state index in [1.165, 1.54) is 13.3 Å². The van der Waals surface area contributed by atoms with Crippen molar-refractivity contribution < 1.29 is 19.1 Å². The molecule has 5 rings (SSSR count). The van der Waals surface area contributed by atoms with E-state index in [-0.39, 0.29) is 30.2 Å². The number of hydrogen-bond acceptors (Lipinski definition) is 4. The number of carbonyl (C=O) groups excluding carboxylic acids is 3. The van der Waals surface area contributed by atoms with Gasteiger partial charge in [0, 0.05) is 41.4 Å². The Morgan fingerprint density at radius 1 is 0.952 bits per heavy atom.